The summed E-state index contributed by atoms with van der Waals surface area (Å²) >= 11 is 0. The van der Waals surface area contributed by atoms with Crippen LogP contribution in [0.5, 0.6) is 0 Å². The minimum atomic E-state index is -2.71. The summed E-state index contributed by atoms with van der Waals surface area (Å²) < 4.78 is 50.2. The lowest BCUT2D eigenvalue weighted by atomic mass is 9.79. The number of hydrogen-bond acceptors (Lipinski definition) is 3. The molecule has 0 unspecified atom stereocenters. The van der Waals surface area contributed by atoms with Crippen LogP contribution in [0.25, 0.3) is 0 Å². The van der Waals surface area contributed by atoms with E-state index in [9.17, 15) is 13.2 Å². The van der Waals surface area contributed by atoms with Gasteiger partial charge in [0.25, 0.3) is 6.43 Å². The quantitative estimate of drug-likeness (QED) is 0.612. The van der Waals surface area contributed by atoms with Gasteiger partial charge in [-0.1, -0.05) is 0 Å². The highest BCUT2D eigenvalue weighted by Crippen LogP contribution is 2.36. The Kier molecular flexibility index (Phi) is 3.39. The predicted molar refractivity (Wildman–Crippen MR) is 64.9 cm³/mol. The molecule has 0 saturated carbocycles. The zero-order valence-electron chi connectivity index (χ0n) is 11.2. The number of pyridine rings is 1. The molecular formula is C12H15BF3NO2. The predicted octanol–water partition coefficient (Wildman–Crippen LogP) is 2.46. The van der Waals surface area contributed by atoms with E-state index >= 15 is 0 Å². The van der Waals surface area contributed by atoms with Gasteiger partial charge in [0.1, 0.15) is 0 Å². The largest absolute Gasteiger partial charge is 0.499 e. The van der Waals surface area contributed by atoms with E-state index in [2.05, 4.69) is 4.98 Å². The Balaban J connectivity index is 2.36. The third-order valence-electron chi connectivity index (χ3n) is 3.65. The van der Waals surface area contributed by atoms with Crippen LogP contribution in [0.1, 0.15) is 39.7 Å². The van der Waals surface area contributed by atoms with Crippen LogP contribution in [-0.2, 0) is 9.31 Å². The maximum atomic E-state index is 13.7. The third kappa shape index (κ3) is 2.49. The van der Waals surface area contributed by atoms with Crippen LogP contribution >= 0.6 is 0 Å². The topological polar surface area (TPSA) is 31.4 Å². The smallest absolute Gasteiger partial charge is 0.399 e. The van der Waals surface area contributed by atoms with Gasteiger partial charge in [-0.15, -0.1) is 0 Å². The van der Waals surface area contributed by atoms with Crippen LogP contribution < -0.4 is 5.46 Å². The molecule has 0 amide bonds. The summed E-state index contributed by atoms with van der Waals surface area (Å²) in [5.74, 6) is -0.858. The van der Waals surface area contributed by atoms with Gasteiger partial charge < -0.3 is 9.31 Å². The number of nitrogens with zero attached hydrogens (tertiary/aromatic N) is 1. The summed E-state index contributed by atoms with van der Waals surface area (Å²) in [6, 6.07) is 1.04. The van der Waals surface area contributed by atoms with Crippen molar-refractivity contribution in [2.24, 2.45) is 0 Å². The van der Waals surface area contributed by atoms with E-state index in [1.54, 1.807) is 27.7 Å². The standard InChI is InChI=1S/C12H15BF3NO2/c1-11(2)12(3,4)19-13(18-11)8-5-7(9(14)15)6-17-10(8)16/h5-6,9H,1-4H3. The van der Waals surface area contributed by atoms with Crippen molar-refractivity contribution in [3.8, 4) is 0 Å². The molecule has 0 radical (unpaired) electrons. The van der Waals surface area contributed by atoms with Gasteiger partial charge in [0.2, 0.25) is 5.95 Å². The molecule has 1 fully saturated rings. The molecule has 1 aromatic heterocycles. The normalized spacial score (nSPS) is 21.2. The van der Waals surface area contributed by atoms with Crippen LogP contribution in [0.4, 0.5) is 13.2 Å². The van der Waals surface area contributed by atoms with Gasteiger partial charge in [-0.05, 0) is 33.8 Å². The molecule has 2 heterocycles. The number of aromatic nitrogens is 1. The molecule has 19 heavy (non-hydrogen) atoms. The molecule has 0 N–H and O–H groups in total. The van der Waals surface area contributed by atoms with Gasteiger partial charge in [0, 0.05) is 17.2 Å². The van der Waals surface area contributed by atoms with Crippen molar-refractivity contribution >= 4 is 12.6 Å². The van der Waals surface area contributed by atoms with Crippen molar-refractivity contribution in [1.29, 1.82) is 0 Å². The van der Waals surface area contributed by atoms with E-state index in [-0.39, 0.29) is 11.0 Å². The Labute approximate surface area is 110 Å². The van der Waals surface area contributed by atoms with Crippen molar-refractivity contribution in [2.75, 3.05) is 0 Å². The maximum absolute atomic E-state index is 13.7. The molecule has 1 saturated heterocycles. The van der Waals surface area contributed by atoms with E-state index in [1.807, 2.05) is 0 Å². The van der Waals surface area contributed by atoms with E-state index in [0.717, 1.165) is 12.3 Å². The van der Waals surface area contributed by atoms with Crippen LogP contribution in [0.3, 0.4) is 0 Å². The fourth-order valence-electron chi connectivity index (χ4n) is 1.74. The number of hydrogen-bond donors (Lipinski definition) is 0. The lowest BCUT2D eigenvalue weighted by Crippen LogP contribution is -2.41. The summed E-state index contributed by atoms with van der Waals surface area (Å²) in [6.45, 7) is 7.20. The Hall–Kier alpha value is -1.08. The van der Waals surface area contributed by atoms with Crippen molar-refractivity contribution in [3.63, 3.8) is 0 Å². The van der Waals surface area contributed by atoms with E-state index < -0.39 is 30.7 Å². The van der Waals surface area contributed by atoms with Gasteiger partial charge in [-0.25, -0.2) is 13.8 Å². The second kappa shape index (κ2) is 4.49. The molecule has 0 bridgehead atoms. The highest BCUT2D eigenvalue weighted by Gasteiger charge is 2.52. The molecule has 1 aliphatic heterocycles. The van der Waals surface area contributed by atoms with Crippen LogP contribution in [-0.4, -0.2) is 23.3 Å². The molecule has 7 heteroatoms. The molecule has 0 atom stereocenters. The summed E-state index contributed by atoms with van der Waals surface area (Å²) in [6.07, 6.45) is -1.90. The van der Waals surface area contributed by atoms with Gasteiger partial charge in [0.05, 0.1) is 11.2 Å². The average Bonchev–Trinajstić information content (AvgIpc) is 2.48. The molecule has 0 spiro atoms. The molecule has 0 aliphatic carbocycles. The molecule has 1 aromatic rings. The fraction of sp³-hybridized carbons (Fsp3) is 0.583. The Morgan fingerprint density at radius 1 is 1.16 bits per heavy atom. The number of alkyl halides is 2. The molecule has 2 rings (SSSR count). The summed E-state index contributed by atoms with van der Waals surface area (Å²) in [5, 5.41) is 0. The SMILES string of the molecule is CC1(C)OB(c2cc(C(F)F)cnc2F)OC1(C)C. The van der Waals surface area contributed by atoms with Crippen LogP contribution in [0, 0.1) is 5.95 Å². The van der Waals surface area contributed by atoms with E-state index in [4.69, 9.17) is 9.31 Å². The van der Waals surface area contributed by atoms with Gasteiger partial charge >= 0.3 is 7.12 Å². The minimum absolute atomic E-state index is 0.101. The lowest BCUT2D eigenvalue weighted by molar-refractivity contribution is 0.00578. The van der Waals surface area contributed by atoms with Gasteiger partial charge in [-0.3, -0.25) is 0 Å². The number of rotatable bonds is 2. The van der Waals surface area contributed by atoms with Crippen molar-refractivity contribution in [1.82, 2.24) is 4.98 Å². The summed E-state index contributed by atoms with van der Waals surface area (Å²) in [4.78, 5) is 3.33. The number of halogens is 3. The second-order valence-electron chi connectivity index (χ2n) is 5.54. The average molecular weight is 273 g/mol. The van der Waals surface area contributed by atoms with Crippen molar-refractivity contribution in [2.45, 2.75) is 45.3 Å². The first-order valence-electron chi connectivity index (χ1n) is 5.93. The molecule has 0 aromatic carbocycles. The van der Waals surface area contributed by atoms with Crippen LogP contribution in [0.15, 0.2) is 12.3 Å². The second-order valence-corrected chi connectivity index (χ2v) is 5.54. The monoisotopic (exact) mass is 273 g/mol. The maximum Gasteiger partial charge on any atom is 0.499 e. The molecule has 1 aliphatic rings. The van der Waals surface area contributed by atoms with Crippen molar-refractivity contribution < 1.29 is 22.5 Å². The highest BCUT2D eigenvalue weighted by atomic mass is 19.3. The Morgan fingerprint density at radius 3 is 2.16 bits per heavy atom. The first-order chi connectivity index (χ1) is 8.64. The first-order valence-corrected chi connectivity index (χ1v) is 5.93. The van der Waals surface area contributed by atoms with Gasteiger partial charge in [-0.2, -0.15) is 4.39 Å². The Morgan fingerprint density at radius 2 is 1.68 bits per heavy atom. The first kappa shape index (κ1) is 14.3. The zero-order valence-corrected chi connectivity index (χ0v) is 11.2. The van der Waals surface area contributed by atoms with Crippen LogP contribution in [0.2, 0.25) is 0 Å². The molecule has 3 nitrogen and oxygen atoms in total. The molecule has 104 valence electrons. The molecular weight excluding hydrogens is 258 g/mol. The highest BCUT2D eigenvalue weighted by molar-refractivity contribution is 6.62. The Bertz CT molecular complexity index is 478. The van der Waals surface area contributed by atoms with E-state index in [0.29, 0.717) is 0 Å². The zero-order chi connectivity index (χ0) is 14.4. The summed E-state index contributed by atoms with van der Waals surface area (Å²) in [7, 11) is -1.03. The summed E-state index contributed by atoms with van der Waals surface area (Å²) in [5.41, 5.74) is -1.78. The fourth-order valence-corrected chi connectivity index (χ4v) is 1.74. The minimum Gasteiger partial charge on any atom is -0.399 e. The van der Waals surface area contributed by atoms with Crippen molar-refractivity contribution in [3.05, 3.63) is 23.8 Å². The third-order valence-corrected chi connectivity index (χ3v) is 3.65. The van der Waals surface area contributed by atoms with E-state index in [1.165, 1.54) is 0 Å². The lowest BCUT2D eigenvalue weighted by Gasteiger charge is -2.32. The van der Waals surface area contributed by atoms with Gasteiger partial charge in [0.15, 0.2) is 0 Å².